The van der Waals surface area contributed by atoms with Crippen molar-refractivity contribution in [1.82, 2.24) is 5.32 Å². The lowest BCUT2D eigenvalue weighted by molar-refractivity contribution is 0.0172. The molecule has 0 aliphatic carbocycles. The van der Waals surface area contributed by atoms with Gasteiger partial charge in [-0.1, -0.05) is 0 Å². The van der Waals surface area contributed by atoms with Crippen molar-refractivity contribution in [2.45, 2.75) is 6.10 Å². The van der Waals surface area contributed by atoms with Gasteiger partial charge in [-0.05, 0) is 0 Å². The second-order valence-electron chi connectivity index (χ2n) is 1.85. The summed E-state index contributed by atoms with van der Waals surface area (Å²) in [5.74, 6) is 0. The molecule has 0 aromatic heterocycles. The van der Waals surface area contributed by atoms with Crippen LogP contribution in [0.25, 0.3) is 0 Å². The van der Waals surface area contributed by atoms with Gasteiger partial charge in [0, 0.05) is 13.1 Å². The molecular formula is C5H9NO3. The van der Waals surface area contributed by atoms with E-state index in [2.05, 4.69) is 10.1 Å². The second kappa shape index (κ2) is 2.68. The molecule has 9 heavy (non-hydrogen) atoms. The maximum atomic E-state index is 10.3. The fraction of sp³-hybridized carbons (Fsp3) is 0.800. The highest BCUT2D eigenvalue weighted by molar-refractivity contribution is 5.59. The number of carbonyl (C=O) groups is 1. The van der Waals surface area contributed by atoms with Gasteiger partial charge in [-0.2, -0.15) is 0 Å². The molecular weight excluding hydrogens is 122 g/mol. The maximum absolute atomic E-state index is 10.3. The van der Waals surface area contributed by atoms with Crippen molar-refractivity contribution in [2.75, 3.05) is 20.2 Å². The van der Waals surface area contributed by atoms with Crippen LogP contribution in [0, 0.1) is 0 Å². The number of carbonyl (C=O) groups excluding carboxylic acids is 1. The highest BCUT2D eigenvalue weighted by Gasteiger charge is 2.20. The van der Waals surface area contributed by atoms with Crippen molar-refractivity contribution in [3.05, 3.63) is 0 Å². The first kappa shape index (κ1) is 6.35. The van der Waals surface area contributed by atoms with Gasteiger partial charge in [0.2, 0.25) is 0 Å². The van der Waals surface area contributed by atoms with Crippen molar-refractivity contribution in [1.29, 1.82) is 0 Å². The molecule has 0 radical (unpaired) electrons. The number of rotatable bonds is 1. The molecule has 0 spiro atoms. The maximum Gasteiger partial charge on any atom is 0.508 e. The molecule has 0 aromatic carbocycles. The van der Waals surface area contributed by atoms with Gasteiger partial charge in [0.1, 0.15) is 6.10 Å². The third-order valence-electron chi connectivity index (χ3n) is 1.17. The van der Waals surface area contributed by atoms with Crippen LogP contribution >= 0.6 is 0 Å². The summed E-state index contributed by atoms with van der Waals surface area (Å²) in [6.45, 7) is 1.49. The Morgan fingerprint density at radius 2 is 2.33 bits per heavy atom. The van der Waals surface area contributed by atoms with E-state index in [9.17, 15) is 4.79 Å². The third-order valence-corrected chi connectivity index (χ3v) is 1.17. The molecule has 0 bridgehead atoms. The first-order chi connectivity index (χ1) is 4.33. The zero-order chi connectivity index (χ0) is 6.69. The minimum atomic E-state index is -0.596. The van der Waals surface area contributed by atoms with Crippen molar-refractivity contribution >= 4 is 6.16 Å². The second-order valence-corrected chi connectivity index (χ2v) is 1.85. The monoisotopic (exact) mass is 131 g/mol. The van der Waals surface area contributed by atoms with Crippen LogP contribution in [-0.4, -0.2) is 32.5 Å². The Hall–Kier alpha value is -0.770. The van der Waals surface area contributed by atoms with E-state index >= 15 is 0 Å². The van der Waals surface area contributed by atoms with Gasteiger partial charge in [-0.25, -0.2) is 4.79 Å². The molecule has 0 aromatic rings. The van der Waals surface area contributed by atoms with Gasteiger partial charge in [-0.3, -0.25) is 0 Å². The molecule has 0 unspecified atom stereocenters. The summed E-state index contributed by atoms with van der Waals surface area (Å²) in [6.07, 6.45) is -0.570. The Kier molecular flexibility index (Phi) is 1.89. The molecule has 0 amide bonds. The fourth-order valence-electron chi connectivity index (χ4n) is 0.530. The van der Waals surface area contributed by atoms with Crippen LogP contribution in [0.4, 0.5) is 4.79 Å². The van der Waals surface area contributed by atoms with Gasteiger partial charge in [0.25, 0.3) is 0 Å². The summed E-state index contributed by atoms with van der Waals surface area (Å²) in [6, 6.07) is 0. The number of hydrogen-bond donors (Lipinski definition) is 1. The summed E-state index contributed by atoms with van der Waals surface area (Å²) in [5.41, 5.74) is 0. The Bertz CT molecular complexity index is 111. The summed E-state index contributed by atoms with van der Waals surface area (Å²) < 4.78 is 8.98. The molecule has 1 aliphatic rings. The molecule has 1 N–H and O–H groups in total. The summed E-state index contributed by atoms with van der Waals surface area (Å²) in [4.78, 5) is 10.3. The molecule has 0 saturated carbocycles. The van der Waals surface area contributed by atoms with Crippen LogP contribution in [0.5, 0.6) is 0 Å². The third kappa shape index (κ3) is 1.57. The summed E-state index contributed by atoms with van der Waals surface area (Å²) in [7, 11) is 1.30. The number of methoxy groups -OCH3 is 1. The first-order valence-corrected chi connectivity index (χ1v) is 2.78. The summed E-state index contributed by atoms with van der Waals surface area (Å²) in [5, 5.41) is 2.96. The molecule has 4 nitrogen and oxygen atoms in total. The number of nitrogens with one attached hydrogen (secondary N) is 1. The van der Waals surface area contributed by atoms with Crippen LogP contribution in [0.3, 0.4) is 0 Å². The van der Waals surface area contributed by atoms with Crippen molar-refractivity contribution in [2.24, 2.45) is 0 Å². The number of hydrogen-bond acceptors (Lipinski definition) is 4. The predicted molar refractivity (Wildman–Crippen MR) is 30.1 cm³/mol. The molecule has 0 atom stereocenters. The van der Waals surface area contributed by atoms with Crippen LogP contribution in [-0.2, 0) is 9.47 Å². The molecule has 4 heteroatoms. The minimum absolute atomic E-state index is 0.0254. The van der Waals surface area contributed by atoms with E-state index in [4.69, 9.17) is 4.74 Å². The van der Waals surface area contributed by atoms with Crippen molar-refractivity contribution in [3.63, 3.8) is 0 Å². The van der Waals surface area contributed by atoms with Gasteiger partial charge in [0.05, 0.1) is 7.11 Å². The van der Waals surface area contributed by atoms with Crippen molar-refractivity contribution in [3.8, 4) is 0 Å². The van der Waals surface area contributed by atoms with E-state index in [0.29, 0.717) is 0 Å². The molecule has 1 fully saturated rings. The standard InChI is InChI=1S/C5H9NO3/c1-8-5(7)9-4-2-6-3-4/h4,6H,2-3H2,1H3. The van der Waals surface area contributed by atoms with Gasteiger partial charge < -0.3 is 14.8 Å². The lowest BCUT2D eigenvalue weighted by atomic mass is 10.2. The lowest BCUT2D eigenvalue weighted by Crippen LogP contribution is -2.49. The molecule has 1 rings (SSSR count). The van der Waals surface area contributed by atoms with Crippen LogP contribution in [0.2, 0.25) is 0 Å². The fourth-order valence-corrected chi connectivity index (χ4v) is 0.530. The Balaban J connectivity index is 2.09. The van der Waals surface area contributed by atoms with Crippen LogP contribution in [0.15, 0.2) is 0 Å². The average Bonchev–Trinajstić information content (AvgIpc) is 1.78. The highest BCUT2D eigenvalue weighted by atomic mass is 16.7. The zero-order valence-electron chi connectivity index (χ0n) is 5.22. The molecule has 1 aliphatic heterocycles. The van der Waals surface area contributed by atoms with E-state index in [1.807, 2.05) is 0 Å². The first-order valence-electron chi connectivity index (χ1n) is 2.78. The van der Waals surface area contributed by atoms with E-state index < -0.39 is 6.16 Å². The smallest absolute Gasteiger partial charge is 0.438 e. The Morgan fingerprint density at radius 1 is 1.67 bits per heavy atom. The summed E-state index contributed by atoms with van der Waals surface area (Å²) >= 11 is 0. The zero-order valence-corrected chi connectivity index (χ0v) is 5.22. The van der Waals surface area contributed by atoms with Gasteiger partial charge in [0.15, 0.2) is 0 Å². The van der Waals surface area contributed by atoms with Gasteiger partial charge >= 0.3 is 6.16 Å². The topological polar surface area (TPSA) is 47.6 Å². The minimum Gasteiger partial charge on any atom is -0.438 e. The largest absolute Gasteiger partial charge is 0.508 e. The van der Waals surface area contributed by atoms with E-state index in [1.54, 1.807) is 0 Å². The molecule has 1 saturated heterocycles. The van der Waals surface area contributed by atoms with E-state index in [1.165, 1.54) is 7.11 Å². The predicted octanol–water partition coefficient (Wildman–Crippen LogP) is -0.259. The number of ether oxygens (including phenoxy) is 2. The molecule has 52 valence electrons. The Morgan fingerprint density at radius 3 is 2.67 bits per heavy atom. The van der Waals surface area contributed by atoms with E-state index in [-0.39, 0.29) is 6.10 Å². The quantitative estimate of drug-likeness (QED) is 0.498. The van der Waals surface area contributed by atoms with Crippen molar-refractivity contribution < 1.29 is 14.3 Å². The Labute approximate surface area is 53.1 Å². The van der Waals surface area contributed by atoms with Gasteiger partial charge in [-0.15, -0.1) is 0 Å². The lowest BCUT2D eigenvalue weighted by Gasteiger charge is -2.25. The average molecular weight is 131 g/mol. The molecule has 1 heterocycles. The van der Waals surface area contributed by atoms with Crippen LogP contribution < -0.4 is 5.32 Å². The van der Waals surface area contributed by atoms with E-state index in [0.717, 1.165) is 13.1 Å². The van der Waals surface area contributed by atoms with Crippen LogP contribution in [0.1, 0.15) is 0 Å². The normalized spacial score (nSPS) is 18.3. The SMILES string of the molecule is COC(=O)OC1CNC1. The highest BCUT2D eigenvalue weighted by Crippen LogP contribution is 1.98.